The van der Waals surface area contributed by atoms with Crippen molar-refractivity contribution in [3.05, 3.63) is 66.1 Å². The third-order valence-electron chi connectivity index (χ3n) is 4.77. The number of aromatic nitrogens is 4. The van der Waals surface area contributed by atoms with Crippen molar-refractivity contribution in [1.29, 1.82) is 0 Å². The molecule has 1 unspecified atom stereocenters. The SMILES string of the molecule is C=C(C)C1CCc2c(cc(-c3ccccc3)n2-c2ncn[nH]2)C1. The van der Waals surface area contributed by atoms with Crippen molar-refractivity contribution >= 4 is 0 Å². The Morgan fingerprint density at radius 3 is 2.83 bits per heavy atom. The van der Waals surface area contributed by atoms with Crippen LogP contribution in [0.15, 0.2) is 54.9 Å². The van der Waals surface area contributed by atoms with Crippen LogP contribution < -0.4 is 0 Å². The minimum atomic E-state index is 0.580. The Balaban J connectivity index is 1.88. The van der Waals surface area contributed by atoms with E-state index in [1.807, 2.05) is 6.07 Å². The molecule has 1 aliphatic rings. The molecule has 0 saturated heterocycles. The number of allylic oxidation sites excluding steroid dienone is 1. The van der Waals surface area contributed by atoms with Crippen LogP contribution >= 0.6 is 0 Å². The first-order chi connectivity index (χ1) is 11.2. The molecule has 2 heterocycles. The summed E-state index contributed by atoms with van der Waals surface area (Å²) in [4.78, 5) is 4.39. The molecule has 0 bridgehead atoms. The van der Waals surface area contributed by atoms with Crippen LogP contribution in [0.1, 0.15) is 24.6 Å². The highest BCUT2D eigenvalue weighted by molar-refractivity contribution is 5.65. The molecule has 4 rings (SSSR count). The Morgan fingerprint density at radius 1 is 1.30 bits per heavy atom. The van der Waals surface area contributed by atoms with E-state index in [4.69, 9.17) is 0 Å². The summed E-state index contributed by atoms with van der Waals surface area (Å²) < 4.78 is 2.23. The first-order valence-electron chi connectivity index (χ1n) is 8.04. The van der Waals surface area contributed by atoms with E-state index in [9.17, 15) is 0 Å². The van der Waals surface area contributed by atoms with Gasteiger partial charge in [0.1, 0.15) is 6.33 Å². The fraction of sp³-hybridized carbons (Fsp3) is 0.263. The molecular formula is C19H20N4. The third-order valence-corrected chi connectivity index (χ3v) is 4.77. The van der Waals surface area contributed by atoms with Gasteiger partial charge in [-0.3, -0.25) is 4.57 Å². The Labute approximate surface area is 135 Å². The van der Waals surface area contributed by atoms with Gasteiger partial charge in [-0.2, -0.15) is 10.1 Å². The topological polar surface area (TPSA) is 46.5 Å². The molecule has 0 aliphatic heterocycles. The maximum Gasteiger partial charge on any atom is 0.230 e. The molecule has 23 heavy (non-hydrogen) atoms. The number of hydrogen-bond acceptors (Lipinski definition) is 2. The normalized spacial score (nSPS) is 17.0. The van der Waals surface area contributed by atoms with Crippen molar-refractivity contribution < 1.29 is 0 Å². The Morgan fingerprint density at radius 2 is 2.13 bits per heavy atom. The van der Waals surface area contributed by atoms with E-state index in [-0.39, 0.29) is 0 Å². The second-order valence-electron chi connectivity index (χ2n) is 6.30. The number of H-pyrrole nitrogens is 1. The summed E-state index contributed by atoms with van der Waals surface area (Å²) in [6.45, 7) is 6.29. The van der Waals surface area contributed by atoms with Crippen LogP contribution in [0.3, 0.4) is 0 Å². The second kappa shape index (κ2) is 5.54. The van der Waals surface area contributed by atoms with E-state index in [0.717, 1.165) is 25.2 Å². The average molecular weight is 304 g/mol. The largest absolute Gasteiger partial charge is 0.282 e. The van der Waals surface area contributed by atoms with E-state index >= 15 is 0 Å². The summed E-state index contributed by atoms with van der Waals surface area (Å²) in [6, 6.07) is 12.8. The first kappa shape index (κ1) is 14.0. The van der Waals surface area contributed by atoms with Gasteiger partial charge in [-0.25, -0.2) is 5.10 Å². The lowest BCUT2D eigenvalue weighted by molar-refractivity contribution is 0.517. The standard InChI is InChI=1S/C19H20N4/c1-13(2)15-8-9-17-16(10-15)11-18(14-6-4-3-5-7-14)23(17)19-20-12-21-22-19/h3-7,11-12,15H,1,8-10H2,2H3,(H,20,21,22). The minimum Gasteiger partial charge on any atom is -0.282 e. The lowest BCUT2D eigenvalue weighted by Gasteiger charge is -2.23. The maximum absolute atomic E-state index is 4.39. The van der Waals surface area contributed by atoms with Crippen molar-refractivity contribution in [3.8, 4) is 17.2 Å². The van der Waals surface area contributed by atoms with Gasteiger partial charge in [0.05, 0.1) is 5.69 Å². The zero-order valence-corrected chi connectivity index (χ0v) is 13.3. The summed E-state index contributed by atoms with van der Waals surface area (Å²) in [6.07, 6.45) is 4.82. The van der Waals surface area contributed by atoms with Gasteiger partial charge in [-0.15, -0.1) is 0 Å². The molecule has 116 valence electrons. The Hall–Kier alpha value is -2.62. The molecule has 0 spiro atoms. The highest BCUT2D eigenvalue weighted by atomic mass is 15.3. The molecule has 2 aromatic heterocycles. The lowest BCUT2D eigenvalue weighted by atomic mass is 9.84. The van der Waals surface area contributed by atoms with Gasteiger partial charge in [0.25, 0.3) is 0 Å². The Kier molecular flexibility index (Phi) is 3.37. The zero-order valence-electron chi connectivity index (χ0n) is 13.3. The van der Waals surface area contributed by atoms with Gasteiger partial charge in [-0.1, -0.05) is 42.5 Å². The molecule has 0 amide bonds. The van der Waals surface area contributed by atoms with Gasteiger partial charge in [-0.05, 0) is 49.3 Å². The average Bonchev–Trinajstić information content (AvgIpc) is 3.21. The highest BCUT2D eigenvalue weighted by Gasteiger charge is 2.26. The van der Waals surface area contributed by atoms with Crippen LogP contribution in [-0.2, 0) is 12.8 Å². The van der Waals surface area contributed by atoms with E-state index in [1.165, 1.54) is 28.1 Å². The fourth-order valence-corrected chi connectivity index (χ4v) is 3.52. The fourth-order valence-electron chi connectivity index (χ4n) is 3.52. The molecule has 4 nitrogen and oxygen atoms in total. The monoisotopic (exact) mass is 304 g/mol. The number of hydrogen-bond donors (Lipinski definition) is 1. The first-order valence-corrected chi connectivity index (χ1v) is 8.04. The van der Waals surface area contributed by atoms with Crippen LogP contribution in [0, 0.1) is 5.92 Å². The van der Waals surface area contributed by atoms with Crippen LogP contribution in [-0.4, -0.2) is 19.7 Å². The number of benzene rings is 1. The molecule has 1 N–H and O–H groups in total. The summed E-state index contributed by atoms with van der Waals surface area (Å²) in [5, 5.41) is 7.05. The second-order valence-corrected chi connectivity index (χ2v) is 6.30. The van der Waals surface area contributed by atoms with Crippen molar-refractivity contribution in [2.75, 3.05) is 0 Å². The van der Waals surface area contributed by atoms with Crippen molar-refractivity contribution in [3.63, 3.8) is 0 Å². The van der Waals surface area contributed by atoms with Crippen molar-refractivity contribution in [2.45, 2.75) is 26.2 Å². The molecule has 0 saturated carbocycles. The predicted molar refractivity (Wildman–Crippen MR) is 91.5 cm³/mol. The molecule has 0 fully saturated rings. The summed E-state index contributed by atoms with van der Waals surface area (Å²) in [5.74, 6) is 1.37. The van der Waals surface area contributed by atoms with Gasteiger partial charge in [0.15, 0.2) is 0 Å². The molecular weight excluding hydrogens is 284 g/mol. The highest BCUT2D eigenvalue weighted by Crippen LogP contribution is 2.36. The van der Waals surface area contributed by atoms with Gasteiger partial charge < -0.3 is 0 Å². The van der Waals surface area contributed by atoms with E-state index in [1.54, 1.807) is 6.33 Å². The van der Waals surface area contributed by atoms with Gasteiger partial charge in [0, 0.05) is 5.69 Å². The van der Waals surface area contributed by atoms with Crippen LogP contribution in [0.25, 0.3) is 17.2 Å². The minimum absolute atomic E-state index is 0.580. The quantitative estimate of drug-likeness (QED) is 0.745. The zero-order chi connectivity index (χ0) is 15.8. The van der Waals surface area contributed by atoms with Crippen LogP contribution in [0.4, 0.5) is 0 Å². The van der Waals surface area contributed by atoms with E-state index in [0.29, 0.717) is 5.92 Å². The van der Waals surface area contributed by atoms with Crippen LogP contribution in [0.2, 0.25) is 0 Å². The Bertz CT molecular complexity index is 828. The molecule has 1 aliphatic carbocycles. The summed E-state index contributed by atoms with van der Waals surface area (Å²) in [5.41, 5.74) is 6.40. The molecule has 1 aromatic carbocycles. The van der Waals surface area contributed by atoms with Gasteiger partial charge in [0.2, 0.25) is 5.95 Å². The van der Waals surface area contributed by atoms with Crippen LogP contribution in [0.5, 0.6) is 0 Å². The van der Waals surface area contributed by atoms with Crippen molar-refractivity contribution in [1.82, 2.24) is 19.7 Å². The number of nitrogens with zero attached hydrogens (tertiary/aromatic N) is 3. The third kappa shape index (κ3) is 2.40. The predicted octanol–water partition coefficient (Wildman–Crippen LogP) is 3.94. The van der Waals surface area contributed by atoms with Crippen molar-refractivity contribution in [2.24, 2.45) is 5.92 Å². The summed E-state index contributed by atoms with van der Waals surface area (Å²) >= 11 is 0. The van der Waals surface area contributed by atoms with Gasteiger partial charge >= 0.3 is 0 Å². The maximum atomic E-state index is 4.39. The number of aromatic amines is 1. The molecule has 0 radical (unpaired) electrons. The van der Waals surface area contributed by atoms with E-state index in [2.05, 4.69) is 63.6 Å². The molecule has 3 aromatic rings. The van der Waals surface area contributed by atoms with E-state index < -0.39 is 0 Å². The number of rotatable bonds is 3. The smallest absolute Gasteiger partial charge is 0.230 e. The molecule has 1 atom stereocenters. The number of nitrogens with one attached hydrogen (secondary N) is 1. The molecule has 4 heteroatoms. The number of fused-ring (bicyclic) bond motifs is 1. The lowest BCUT2D eigenvalue weighted by Crippen LogP contribution is -2.16. The summed E-state index contributed by atoms with van der Waals surface area (Å²) in [7, 11) is 0.